The van der Waals surface area contributed by atoms with Gasteiger partial charge in [0.2, 0.25) is 0 Å². The summed E-state index contributed by atoms with van der Waals surface area (Å²) in [4.78, 5) is 0. The fourth-order valence-electron chi connectivity index (χ4n) is 3.40. The summed E-state index contributed by atoms with van der Waals surface area (Å²) in [5.41, 5.74) is 10.3. The van der Waals surface area contributed by atoms with Crippen LogP contribution in [-0.2, 0) is 30.8 Å². The van der Waals surface area contributed by atoms with E-state index in [-0.39, 0.29) is 11.3 Å². The van der Waals surface area contributed by atoms with E-state index in [0.717, 1.165) is 22.4 Å². The largest absolute Gasteiger partial charge is 0.491 e. The van der Waals surface area contributed by atoms with Crippen LogP contribution in [0.3, 0.4) is 0 Å². The molecule has 0 spiro atoms. The van der Waals surface area contributed by atoms with Crippen LogP contribution in [-0.4, -0.2) is 65.8 Å². The second-order valence-electron chi connectivity index (χ2n) is 9.40. The van der Waals surface area contributed by atoms with Gasteiger partial charge in [0.05, 0.1) is 52.1 Å². The molecule has 2 aromatic carbocycles. The Labute approximate surface area is 210 Å². The highest BCUT2D eigenvalue weighted by Crippen LogP contribution is 2.29. The van der Waals surface area contributed by atoms with Crippen molar-refractivity contribution in [2.45, 2.75) is 39.0 Å². The Morgan fingerprint density at radius 1 is 0.771 bits per heavy atom. The van der Waals surface area contributed by atoms with Gasteiger partial charge < -0.3 is 29.4 Å². The Balaban J connectivity index is 1.85. The number of ether oxygens (including phenoxy) is 5. The van der Waals surface area contributed by atoms with Gasteiger partial charge in [0.25, 0.3) is 0 Å². The molecule has 0 aliphatic rings. The molecule has 0 heterocycles. The van der Waals surface area contributed by atoms with E-state index in [1.807, 2.05) is 6.07 Å². The molecule has 194 valence electrons. The zero-order valence-corrected chi connectivity index (χ0v) is 21.7. The summed E-state index contributed by atoms with van der Waals surface area (Å²) in [5, 5.41) is 7.56. The number of hydrogen-bond donors (Lipinski definition) is 2. The molecule has 7 nitrogen and oxygen atoms in total. The fourth-order valence-corrected chi connectivity index (χ4v) is 3.40. The van der Waals surface area contributed by atoms with E-state index < -0.39 is 0 Å². The lowest BCUT2D eigenvalue weighted by Crippen LogP contribution is -2.13. The van der Waals surface area contributed by atoms with Crippen molar-refractivity contribution in [3.05, 3.63) is 53.6 Å². The van der Waals surface area contributed by atoms with Crippen molar-refractivity contribution < 1.29 is 23.7 Å². The van der Waals surface area contributed by atoms with E-state index in [4.69, 9.17) is 34.8 Å². The summed E-state index contributed by atoms with van der Waals surface area (Å²) >= 11 is 0. The van der Waals surface area contributed by atoms with Gasteiger partial charge in [-0.3, -0.25) is 5.41 Å². The predicted molar refractivity (Wildman–Crippen MR) is 141 cm³/mol. The van der Waals surface area contributed by atoms with Gasteiger partial charge in [0, 0.05) is 13.5 Å². The third-order valence-electron chi connectivity index (χ3n) is 5.41. The van der Waals surface area contributed by atoms with E-state index in [2.05, 4.69) is 57.2 Å². The van der Waals surface area contributed by atoms with Crippen molar-refractivity contribution >= 4 is 5.84 Å². The van der Waals surface area contributed by atoms with E-state index in [1.165, 1.54) is 5.56 Å². The van der Waals surface area contributed by atoms with Crippen molar-refractivity contribution in [2.24, 2.45) is 5.73 Å². The van der Waals surface area contributed by atoms with Crippen molar-refractivity contribution in [2.75, 3.05) is 60.0 Å². The topological polar surface area (TPSA) is 96.0 Å². The molecule has 2 rings (SSSR count). The minimum atomic E-state index is 0.110. The second-order valence-corrected chi connectivity index (χ2v) is 9.40. The molecule has 0 aliphatic carbocycles. The zero-order valence-electron chi connectivity index (χ0n) is 21.7. The Morgan fingerprint density at radius 3 is 1.89 bits per heavy atom. The molecule has 3 N–H and O–H groups in total. The summed E-state index contributed by atoms with van der Waals surface area (Å²) in [7, 11) is 1.65. The number of methoxy groups -OCH3 is 1. The van der Waals surface area contributed by atoms with Crippen molar-refractivity contribution in [1.29, 1.82) is 5.41 Å². The summed E-state index contributed by atoms with van der Waals surface area (Å²) in [5.74, 6) is 0.971. The maximum absolute atomic E-state index is 7.56. The van der Waals surface area contributed by atoms with Gasteiger partial charge in [0.1, 0.15) is 12.4 Å². The van der Waals surface area contributed by atoms with Crippen LogP contribution in [0.25, 0.3) is 11.1 Å². The van der Waals surface area contributed by atoms with Crippen molar-refractivity contribution in [1.82, 2.24) is 0 Å². The van der Waals surface area contributed by atoms with E-state index in [9.17, 15) is 0 Å². The Morgan fingerprint density at radius 2 is 1.34 bits per heavy atom. The first-order chi connectivity index (χ1) is 16.8. The Hall–Kier alpha value is -2.45. The second kappa shape index (κ2) is 15.5. The van der Waals surface area contributed by atoms with Crippen LogP contribution in [0.4, 0.5) is 0 Å². The van der Waals surface area contributed by atoms with Gasteiger partial charge >= 0.3 is 0 Å². The van der Waals surface area contributed by atoms with Gasteiger partial charge in [-0.2, -0.15) is 0 Å². The Bertz CT molecular complexity index is 878. The van der Waals surface area contributed by atoms with Gasteiger partial charge in [-0.25, -0.2) is 0 Å². The molecule has 35 heavy (non-hydrogen) atoms. The fraction of sp³-hybridized carbons (Fsp3) is 0.536. The Kier molecular flexibility index (Phi) is 12.8. The molecule has 2 aromatic rings. The van der Waals surface area contributed by atoms with E-state index in [0.29, 0.717) is 65.7 Å². The lowest BCUT2D eigenvalue weighted by molar-refractivity contribution is 0.000163. The quantitative estimate of drug-likeness (QED) is 0.193. The maximum atomic E-state index is 7.56. The van der Waals surface area contributed by atoms with Crippen LogP contribution < -0.4 is 10.5 Å². The molecular weight excluding hydrogens is 444 g/mol. The van der Waals surface area contributed by atoms with E-state index in [1.54, 1.807) is 7.11 Å². The first kappa shape index (κ1) is 28.8. The first-order valence-electron chi connectivity index (χ1n) is 12.2. The normalized spacial score (nSPS) is 11.5. The third kappa shape index (κ3) is 11.7. The molecule has 0 unspecified atom stereocenters. The van der Waals surface area contributed by atoms with Crippen molar-refractivity contribution in [3.8, 4) is 16.9 Å². The molecule has 0 aliphatic heterocycles. The summed E-state index contributed by atoms with van der Waals surface area (Å²) in [6.07, 6.45) is 1.22. The van der Waals surface area contributed by atoms with Crippen LogP contribution in [0, 0.1) is 5.41 Å². The zero-order chi connectivity index (χ0) is 25.5. The highest BCUT2D eigenvalue weighted by Gasteiger charge is 2.13. The number of rotatable bonds is 17. The lowest BCUT2D eigenvalue weighted by atomic mass is 9.86. The van der Waals surface area contributed by atoms with Gasteiger partial charge in [-0.15, -0.1) is 0 Å². The number of benzene rings is 2. The smallest absolute Gasteiger partial charge is 0.120 e. The molecule has 0 saturated carbocycles. The van der Waals surface area contributed by atoms with Gasteiger partial charge in [-0.05, 0) is 46.2 Å². The minimum Gasteiger partial charge on any atom is -0.491 e. The highest BCUT2D eigenvalue weighted by atomic mass is 16.6. The number of aryl methyl sites for hydroxylation is 1. The number of nitrogens with two attached hydrogens (primary N) is 1. The standard InChI is InChI=1S/C28H42N2O5/c1-28(2,3)25-8-6-23(7-9-25)24-19-22(5-10-27(29)30)20-26(21-24)35-18-17-34-16-15-33-14-13-32-12-11-31-4/h6-9,19-21H,5,10-18H2,1-4H3,(H3,29,30). The lowest BCUT2D eigenvalue weighted by Gasteiger charge is -2.19. The summed E-state index contributed by atoms with van der Waals surface area (Å²) in [6, 6.07) is 14.9. The first-order valence-corrected chi connectivity index (χ1v) is 12.2. The molecule has 7 heteroatoms. The van der Waals surface area contributed by atoms with Crippen molar-refractivity contribution in [3.63, 3.8) is 0 Å². The number of hydrogen-bond acceptors (Lipinski definition) is 6. The molecule has 0 fully saturated rings. The van der Waals surface area contributed by atoms with Crippen LogP contribution in [0.2, 0.25) is 0 Å². The molecule has 0 radical (unpaired) electrons. The minimum absolute atomic E-state index is 0.110. The third-order valence-corrected chi connectivity index (χ3v) is 5.41. The SMILES string of the molecule is COCCOCCOCCOCCOc1cc(CCC(=N)N)cc(-c2ccc(C(C)(C)C)cc2)c1. The monoisotopic (exact) mass is 486 g/mol. The van der Waals surface area contributed by atoms with Gasteiger partial charge in [-0.1, -0.05) is 51.1 Å². The number of amidine groups is 1. The molecule has 0 atom stereocenters. The maximum Gasteiger partial charge on any atom is 0.120 e. The van der Waals surface area contributed by atoms with Crippen LogP contribution in [0.15, 0.2) is 42.5 Å². The molecular formula is C28H42N2O5. The summed E-state index contributed by atoms with van der Waals surface area (Å²) in [6.45, 7) is 10.8. The molecule has 0 bridgehead atoms. The van der Waals surface area contributed by atoms with Gasteiger partial charge in [0.15, 0.2) is 0 Å². The average molecular weight is 487 g/mol. The van der Waals surface area contributed by atoms with E-state index >= 15 is 0 Å². The molecule has 0 amide bonds. The predicted octanol–water partition coefficient (Wildman–Crippen LogP) is 4.59. The summed E-state index contributed by atoms with van der Waals surface area (Å²) < 4.78 is 27.3. The molecule has 0 saturated heterocycles. The van der Waals surface area contributed by atoms with Crippen LogP contribution in [0.1, 0.15) is 38.3 Å². The van der Waals surface area contributed by atoms with Crippen LogP contribution in [0.5, 0.6) is 5.75 Å². The molecule has 0 aromatic heterocycles. The number of nitrogens with one attached hydrogen (secondary N) is 1. The van der Waals surface area contributed by atoms with Crippen LogP contribution >= 0.6 is 0 Å². The highest BCUT2D eigenvalue weighted by molar-refractivity contribution is 5.77. The average Bonchev–Trinajstić information content (AvgIpc) is 2.83.